The van der Waals surface area contributed by atoms with Gasteiger partial charge in [-0.1, -0.05) is 31.9 Å². The van der Waals surface area contributed by atoms with E-state index in [2.05, 4.69) is 10.2 Å². The van der Waals surface area contributed by atoms with Crippen molar-refractivity contribution < 1.29 is 17.2 Å². The van der Waals surface area contributed by atoms with E-state index in [1.165, 1.54) is 24.3 Å². The molecular weight excluding hydrogens is 372 g/mol. The van der Waals surface area contributed by atoms with Crippen LogP contribution in [0.5, 0.6) is 0 Å². The Morgan fingerprint density at radius 3 is 1.70 bits per heavy atom. The van der Waals surface area contributed by atoms with Crippen LogP contribution in [0.25, 0.3) is 11.3 Å². The fourth-order valence-electron chi connectivity index (χ4n) is 2.04. The number of rotatable bonds is 3. The highest BCUT2D eigenvalue weighted by Crippen LogP contribution is 2.22. The van der Waals surface area contributed by atoms with Crippen LogP contribution in [0.4, 0.5) is 8.78 Å². The lowest BCUT2D eigenvalue weighted by molar-refractivity contribution is 0.567. The summed E-state index contributed by atoms with van der Waals surface area (Å²) in [4.78, 5) is -0.125. The minimum absolute atomic E-state index is 0.125. The molecule has 0 aliphatic heterocycles. The Kier molecular flexibility index (Phi) is 8.24. The van der Waals surface area contributed by atoms with Crippen LogP contribution in [-0.4, -0.2) is 22.8 Å². The van der Waals surface area contributed by atoms with Crippen molar-refractivity contribution in [1.29, 1.82) is 0 Å². The third kappa shape index (κ3) is 5.19. The summed E-state index contributed by atoms with van der Waals surface area (Å²) in [6, 6.07) is 9.85. The lowest BCUT2D eigenvalue weighted by atomic mass is 10.1. The van der Waals surface area contributed by atoms with Gasteiger partial charge in [-0.3, -0.25) is 0 Å². The molecule has 0 aliphatic carbocycles. The third-order valence-electron chi connectivity index (χ3n) is 3.21. The highest BCUT2D eigenvalue weighted by atomic mass is 32.2. The normalized spacial score (nSPS) is 10.3. The molecule has 1 aromatic heterocycles. The summed E-state index contributed by atoms with van der Waals surface area (Å²) in [6.07, 6.45) is 0. The lowest BCUT2D eigenvalue weighted by Crippen LogP contribution is -2.16. The zero-order valence-corrected chi connectivity index (χ0v) is 16.8. The van der Waals surface area contributed by atoms with Crippen LogP contribution in [0.15, 0.2) is 53.4 Å². The van der Waals surface area contributed by atoms with E-state index in [0.29, 0.717) is 21.2 Å². The van der Waals surface area contributed by atoms with Gasteiger partial charge in [-0.2, -0.15) is 8.42 Å². The van der Waals surface area contributed by atoms with Gasteiger partial charge >= 0.3 is 0 Å². The Morgan fingerprint density at radius 1 is 0.778 bits per heavy atom. The molecule has 0 amide bonds. The second-order valence-electron chi connectivity index (χ2n) is 4.82. The average molecular weight is 395 g/mol. The van der Waals surface area contributed by atoms with Crippen molar-refractivity contribution in [3.63, 3.8) is 0 Å². The van der Waals surface area contributed by atoms with E-state index in [1.54, 1.807) is 6.92 Å². The third-order valence-corrected chi connectivity index (χ3v) is 4.67. The van der Waals surface area contributed by atoms with Crippen LogP contribution in [0, 0.1) is 18.6 Å². The number of nitrogens with zero attached hydrogens (tertiary/aromatic N) is 3. The van der Waals surface area contributed by atoms with Crippen LogP contribution < -0.4 is 0 Å². The van der Waals surface area contributed by atoms with Gasteiger partial charge in [0.1, 0.15) is 17.3 Å². The maximum absolute atomic E-state index is 13.0. The summed E-state index contributed by atoms with van der Waals surface area (Å²) in [5.41, 5.74) is 1.25. The van der Waals surface area contributed by atoms with E-state index in [-0.39, 0.29) is 4.90 Å². The molecule has 2 aromatic carbocycles. The van der Waals surface area contributed by atoms with Gasteiger partial charge in [0.2, 0.25) is 0 Å². The van der Waals surface area contributed by atoms with E-state index in [9.17, 15) is 17.2 Å². The SMILES string of the molecule is CC.CC.Cc1nn(S(=O)(=O)c2ccc(F)cc2)nc1-c1ccc(F)cc1. The molecule has 0 N–H and O–H groups in total. The number of hydrogen-bond acceptors (Lipinski definition) is 4. The molecule has 0 spiro atoms. The molecule has 1 heterocycles. The Hall–Kier alpha value is -2.61. The molecule has 3 aromatic rings. The predicted octanol–water partition coefficient (Wildman–Crippen LogP) is 4.82. The standard InChI is InChI=1S/C15H11F2N3O2S.2C2H6/c1-10-15(11-2-4-12(16)5-3-11)19-20(18-10)23(21,22)14-8-6-13(17)7-9-14;2*1-2/h2-9H,1H3;2*1-2H3. The molecule has 0 bridgehead atoms. The summed E-state index contributed by atoms with van der Waals surface area (Å²) < 4.78 is 51.4. The first-order valence-corrected chi connectivity index (χ1v) is 10.0. The molecule has 5 nitrogen and oxygen atoms in total. The predicted molar refractivity (Wildman–Crippen MR) is 102 cm³/mol. The van der Waals surface area contributed by atoms with Crippen molar-refractivity contribution in [3.8, 4) is 11.3 Å². The maximum atomic E-state index is 13.0. The number of halogens is 2. The summed E-state index contributed by atoms with van der Waals surface area (Å²) in [5.74, 6) is -0.946. The second-order valence-corrected chi connectivity index (χ2v) is 6.57. The van der Waals surface area contributed by atoms with Crippen molar-refractivity contribution in [3.05, 3.63) is 65.9 Å². The van der Waals surface area contributed by atoms with Crippen molar-refractivity contribution in [2.75, 3.05) is 0 Å². The zero-order chi connectivity index (χ0) is 20.6. The fraction of sp³-hybridized carbons (Fsp3) is 0.263. The molecule has 0 saturated carbocycles. The first-order chi connectivity index (χ1) is 12.9. The quantitative estimate of drug-likeness (QED) is 0.638. The Balaban J connectivity index is 0.000000855. The highest BCUT2D eigenvalue weighted by Gasteiger charge is 2.22. The molecule has 0 aliphatic rings. The lowest BCUT2D eigenvalue weighted by Gasteiger charge is -2.02. The van der Waals surface area contributed by atoms with E-state index in [0.717, 1.165) is 24.3 Å². The maximum Gasteiger partial charge on any atom is 0.299 e. The van der Waals surface area contributed by atoms with E-state index in [4.69, 9.17) is 0 Å². The number of benzene rings is 2. The molecule has 146 valence electrons. The molecule has 8 heteroatoms. The monoisotopic (exact) mass is 395 g/mol. The van der Waals surface area contributed by atoms with Gasteiger partial charge in [0.25, 0.3) is 10.0 Å². The van der Waals surface area contributed by atoms with Gasteiger partial charge in [-0.15, -0.1) is 10.2 Å². The topological polar surface area (TPSA) is 64.8 Å². The summed E-state index contributed by atoms with van der Waals surface area (Å²) >= 11 is 0. The molecule has 27 heavy (non-hydrogen) atoms. The van der Waals surface area contributed by atoms with Crippen LogP contribution in [0.3, 0.4) is 0 Å². The first-order valence-electron chi connectivity index (χ1n) is 8.59. The molecule has 0 radical (unpaired) electrons. The minimum Gasteiger partial charge on any atom is -0.207 e. The largest absolute Gasteiger partial charge is 0.299 e. The van der Waals surface area contributed by atoms with Crippen LogP contribution in [0.2, 0.25) is 0 Å². The van der Waals surface area contributed by atoms with E-state index in [1.807, 2.05) is 27.7 Å². The molecule has 3 rings (SSSR count). The number of aryl methyl sites for hydroxylation is 1. The number of hydrogen-bond donors (Lipinski definition) is 0. The summed E-state index contributed by atoms with van der Waals surface area (Å²) in [5, 5.41) is 7.89. The first kappa shape index (κ1) is 22.4. The molecule has 0 fully saturated rings. The number of aromatic nitrogens is 3. The minimum atomic E-state index is -4.02. The van der Waals surface area contributed by atoms with Crippen LogP contribution >= 0.6 is 0 Å². The molecule has 0 unspecified atom stereocenters. The van der Waals surface area contributed by atoms with Gasteiger partial charge < -0.3 is 0 Å². The smallest absolute Gasteiger partial charge is 0.207 e. The zero-order valence-electron chi connectivity index (χ0n) is 15.9. The van der Waals surface area contributed by atoms with Crippen molar-refractivity contribution in [2.24, 2.45) is 0 Å². The molecule has 0 atom stereocenters. The van der Waals surface area contributed by atoms with Crippen LogP contribution in [-0.2, 0) is 10.0 Å². The van der Waals surface area contributed by atoms with Crippen molar-refractivity contribution in [2.45, 2.75) is 39.5 Å². The summed E-state index contributed by atoms with van der Waals surface area (Å²) in [7, 11) is -4.02. The summed E-state index contributed by atoms with van der Waals surface area (Å²) in [6.45, 7) is 9.60. The van der Waals surface area contributed by atoms with E-state index >= 15 is 0 Å². The van der Waals surface area contributed by atoms with Gasteiger partial charge in [-0.05, 0) is 55.5 Å². The Labute approximate surface area is 158 Å². The highest BCUT2D eigenvalue weighted by molar-refractivity contribution is 7.89. The second kappa shape index (κ2) is 9.91. The fourth-order valence-corrected chi connectivity index (χ4v) is 3.13. The Bertz CT molecular complexity index is 952. The van der Waals surface area contributed by atoms with Gasteiger partial charge in [0, 0.05) is 5.56 Å². The molecular formula is C19H23F2N3O2S. The van der Waals surface area contributed by atoms with Crippen molar-refractivity contribution >= 4 is 10.0 Å². The average Bonchev–Trinajstić information content (AvgIpc) is 3.08. The van der Waals surface area contributed by atoms with Gasteiger partial charge in [0.05, 0.1) is 10.6 Å². The van der Waals surface area contributed by atoms with Gasteiger partial charge in [0.15, 0.2) is 0 Å². The Morgan fingerprint density at radius 2 is 1.22 bits per heavy atom. The van der Waals surface area contributed by atoms with Crippen LogP contribution in [0.1, 0.15) is 33.4 Å². The van der Waals surface area contributed by atoms with E-state index < -0.39 is 21.7 Å². The van der Waals surface area contributed by atoms with Gasteiger partial charge in [-0.25, -0.2) is 8.78 Å². The molecule has 0 saturated heterocycles. The van der Waals surface area contributed by atoms with Crippen molar-refractivity contribution in [1.82, 2.24) is 14.4 Å².